The van der Waals surface area contributed by atoms with Crippen LogP contribution in [0.2, 0.25) is 5.02 Å². The molecule has 6 nitrogen and oxygen atoms in total. The predicted octanol–water partition coefficient (Wildman–Crippen LogP) is 1.16. The summed E-state index contributed by atoms with van der Waals surface area (Å²) in [5, 5.41) is 3.34. The lowest BCUT2D eigenvalue weighted by Crippen LogP contribution is -2.50. The highest BCUT2D eigenvalue weighted by Crippen LogP contribution is 2.20. The van der Waals surface area contributed by atoms with Crippen molar-refractivity contribution in [1.29, 1.82) is 0 Å². The summed E-state index contributed by atoms with van der Waals surface area (Å²) in [7, 11) is 0. The molecule has 0 atom stereocenters. The summed E-state index contributed by atoms with van der Waals surface area (Å²) >= 11 is 6.03. The third kappa shape index (κ3) is 5.49. The largest absolute Gasteiger partial charge is 0.340 e. The van der Waals surface area contributed by atoms with Crippen molar-refractivity contribution in [3.8, 4) is 0 Å². The van der Waals surface area contributed by atoms with E-state index in [4.69, 9.17) is 17.3 Å². The van der Waals surface area contributed by atoms with Gasteiger partial charge in [0.2, 0.25) is 11.8 Å². The van der Waals surface area contributed by atoms with Crippen molar-refractivity contribution in [3.63, 3.8) is 0 Å². The third-order valence-corrected chi connectivity index (χ3v) is 4.16. The molecular weight excluding hydrogens is 316 g/mol. The van der Waals surface area contributed by atoms with E-state index < -0.39 is 0 Å². The van der Waals surface area contributed by atoms with Gasteiger partial charge in [-0.2, -0.15) is 0 Å². The highest BCUT2D eigenvalue weighted by atomic mass is 35.5. The molecule has 0 aliphatic carbocycles. The van der Waals surface area contributed by atoms with Crippen LogP contribution in [-0.2, 0) is 9.59 Å². The minimum absolute atomic E-state index is 0.0963. The zero-order valence-corrected chi connectivity index (χ0v) is 13.9. The molecule has 1 saturated heterocycles. The lowest BCUT2D eigenvalue weighted by molar-refractivity contribution is -0.133. The van der Waals surface area contributed by atoms with Gasteiger partial charge in [-0.25, -0.2) is 0 Å². The lowest BCUT2D eigenvalue weighted by atomic mass is 10.2. The molecular formula is C16H23ClN4O2. The first-order valence-electron chi connectivity index (χ1n) is 7.84. The van der Waals surface area contributed by atoms with Crippen LogP contribution in [0.1, 0.15) is 12.8 Å². The number of anilines is 1. The van der Waals surface area contributed by atoms with Crippen LogP contribution >= 0.6 is 11.6 Å². The van der Waals surface area contributed by atoms with Crippen LogP contribution in [0.5, 0.6) is 0 Å². The second kappa shape index (κ2) is 8.86. The number of para-hydroxylation sites is 1. The molecule has 23 heavy (non-hydrogen) atoms. The maximum Gasteiger partial charge on any atom is 0.238 e. The summed E-state index contributed by atoms with van der Waals surface area (Å²) in [6.07, 6.45) is 1.22. The van der Waals surface area contributed by atoms with Crippen LogP contribution in [0.4, 0.5) is 5.69 Å². The van der Waals surface area contributed by atoms with Crippen LogP contribution < -0.4 is 11.1 Å². The van der Waals surface area contributed by atoms with E-state index >= 15 is 0 Å². The van der Waals surface area contributed by atoms with Crippen LogP contribution in [0.15, 0.2) is 24.3 Å². The molecule has 0 unspecified atom stereocenters. The maximum atomic E-state index is 12.1. The monoisotopic (exact) mass is 338 g/mol. The van der Waals surface area contributed by atoms with Crippen LogP contribution in [0, 0.1) is 0 Å². The molecule has 0 saturated carbocycles. The summed E-state index contributed by atoms with van der Waals surface area (Å²) in [5.41, 5.74) is 6.04. The highest BCUT2D eigenvalue weighted by Gasteiger charge is 2.22. The van der Waals surface area contributed by atoms with Gasteiger partial charge >= 0.3 is 0 Å². The molecule has 1 aliphatic rings. The molecule has 2 amide bonds. The van der Waals surface area contributed by atoms with E-state index in [1.54, 1.807) is 12.1 Å². The number of piperazine rings is 1. The normalized spacial score (nSPS) is 15.5. The highest BCUT2D eigenvalue weighted by molar-refractivity contribution is 6.33. The van der Waals surface area contributed by atoms with Crippen molar-refractivity contribution in [2.75, 3.05) is 44.6 Å². The summed E-state index contributed by atoms with van der Waals surface area (Å²) in [6, 6.07) is 7.16. The fourth-order valence-corrected chi connectivity index (χ4v) is 2.71. The van der Waals surface area contributed by atoms with Gasteiger partial charge in [0.15, 0.2) is 0 Å². The topological polar surface area (TPSA) is 78.7 Å². The molecule has 0 bridgehead atoms. The van der Waals surface area contributed by atoms with Crippen LogP contribution in [0.25, 0.3) is 0 Å². The zero-order valence-electron chi connectivity index (χ0n) is 13.1. The Hall–Kier alpha value is -1.63. The van der Waals surface area contributed by atoms with E-state index in [-0.39, 0.29) is 11.8 Å². The summed E-state index contributed by atoms with van der Waals surface area (Å²) in [5.74, 6) is 0.0524. The van der Waals surface area contributed by atoms with E-state index in [0.717, 1.165) is 6.42 Å². The average molecular weight is 339 g/mol. The van der Waals surface area contributed by atoms with Gasteiger partial charge in [-0.05, 0) is 25.1 Å². The Bertz CT molecular complexity index is 545. The first-order valence-corrected chi connectivity index (χ1v) is 8.22. The van der Waals surface area contributed by atoms with E-state index in [1.807, 2.05) is 21.9 Å². The number of halogens is 1. The Labute approximate surface area is 141 Å². The molecule has 3 N–H and O–H groups in total. The van der Waals surface area contributed by atoms with Crippen LogP contribution in [0.3, 0.4) is 0 Å². The van der Waals surface area contributed by atoms with Gasteiger partial charge in [0.05, 0.1) is 17.3 Å². The minimum Gasteiger partial charge on any atom is -0.340 e. The van der Waals surface area contributed by atoms with Gasteiger partial charge in [0.25, 0.3) is 0 Å². The van der Waals surface area contributed by atoms with Gasteiger partial charge in [0.1, 0.15) is 0 Å². The van der Waals surface area contributed by atoms with E-state index in [0.29, 0.717) is 56.4 Å². The van der Waals surface area contributed by atoms with Gasteiger partial charge < -0.3 is 16.0 Å². The van der Waals surface area contributed by atoms with E-state index in [9.17, 15) is 9.59 Å². The molecule has 126 valence electrons. The van der Waals surface area contributed by atoms with E-state index in [2.05, 4.69) is 5.32 Å². The summed E-state index contributed by atoms with van der Waals surface area (Å²) in [6.45, 7) is 3.55. The number of hydrogen-bond acceptors (Lipinski definition) is 4. The van der Waals surface area contributed by atoms with Crippen molar-refractivity contribution in [2.45, 2.75) is 12.8 Å². The molecule has 1 aliphatic heterocycles. The van der Waals surface area contributed by atoms with Crippen LogP contribution in [-0.4, -0.2) is 60.9 Å². The Morgan fingerprint density at radius 1 is 1.17 bits per heavy atom. The number of hydrogen-bond donors (Lipinski definition) is 2. The second-order valence-corrected chi connectivity index (χ2v) is 5.98. The summed E-state index contributed by atoms with van der Waals surface area (Å²) in [4.78, 5) is 27.9. The van der Waals surface area contributed by atoms with Crippen molar-refractivity contribution in [2.24, 2.45) is 5.73 Å². The number of nitrogens with zero attached hydrogens (tertiary/aromatic N) is 2. The Morgan fingerprint density at radius 3 is 2.52 bits per heavy atom. The van der Waals surface area contributed by atoms with Crippen molar-refractivity contribution < 1.29 is 9.59 Å². The second-order valence-electron chi connectivity index (χ2n) is 5.58. The molecule has 2 rings (SSSR count). The molecule has 1 heterocycles. The number of carbonyl (C=O) groups excluding carboxylic acids is 2. The molecule has 1 aromatic carbocycles. The van der Waals surface area contributed by atoms with Crippen molar-refractivity contribution >= 4 is 29.1 Å². The number of rotatable bonds is 6. The minimum atomic E-state index is -0.0963. The average Bonchev–Trinajstić information content (AvgIpc) is 2.55. The zero-order chi connectivity index (χ0) is 16.7. The standard InChI is InChI=1S/C16H23ClN4O2/c17-13-4-1-2-5-14(13)19-15(22)12-20-8-10-21(11-9-20)16(23)6-3-7-18/h1-2,4-5H,3,6-12,18H2,(H,19,22). The fraction of sp³-hybridized carbons (Fsp3) is 0.500. The Balaban J connectivity index is 1.74. The number of amides is 2. The fourth-order valence-electron chi connectivity index (χ4n) is 2.52. The molecule has 0 spiro atoms. The first-order chi connectivity index (χ1) is 11.1. The predicted molar refractivity (Wildman–Crippen MR) is 91.4 cm³/mol. The van der Waals surface area contributed by atoms with Crippen molar-refractivity contribution in [3.05, 3.63) is 29.3 Å². The molecule has 7 heteroatoms. The SMILES string of the molecule is NCCCC(=O)N1CCN(CC(=O)Nc2ccccc2Cl)CC1. The third-order valence-electron chi connectivity index (χ3n) is 3.83. The summed E-state index contributed by atoms with van der Waals surface area (Å²) < 4.78 is 0. The number of carbonyl (C=O) groups is 2. The maximum absolute atomic E-state index is 12.1. The quantitative estimate of drug-likeness (QED) is 0.816. The smallest absolute Gasteiger partial charge is 0.238 e. The molecule has 0 radical (unpaired) electrons. The Morgan fingerprint density at radius 2 is 1.87 bits per heavy atom. The Kier molecular flexibility index (Phi) is 6.83. The molecule has 1 aromatic rings. The lowest BCUT2D eigenvalue weighted by Gasteiger charge is -2.34. The van der Waals surface area contributed by atoms with E-state index in [1.165, 1.54) is 0 Å². The van der Waals surface area contributed by atoms with Gasteiger partial charge in [-0.15, -0.1) is 0 Å². The number of nitrogens with one attached hydrogen (secondary N) is 1. The van der Waals surface area contributed by atoms with Gasteiger partial charge in [-0.3, -0.25) is 14.5 Å². The van der Waals surface area contributed by atoms with Gasteiger partial charge in [-0.1, -0.05) is 23.7 Å². The van der Waals surface area contributed by atoms with Crippen molar-refractivity contribution in [1.82, 2.24) is 9.80 Å². The first kappa shape index (κ1) is 17.7. The molecule has 1 fully saturated rings. The number of nitrogens with two attached hydrogens (primary N) is 1. The molecule has 0 aromatic heterocycles. The van der Waals surface area contributed by atoms with Gasteiger partial charge in [0, 0.05) is 32.6 Å². The number of benzene rings is 1.